The molecule has 1 saturated carbocycles. The van der Waals surface area contributed by atoms with Gasteiger partial charge >= 0.3 is 0 Å². The van der Waals surface area contributed by atoms with Crippen LogP contribution >= 0.6 is 23.8 Å². The molecule has 0 bridgehead atoms. The summed E-state index contributed by atoms with van der Waals surface area (Å²) < 4.78 is 4.32. The van der Waals surface area contributed by atoms with E-state index in [1.807, 2.05) is 11.5 Å². The molecule has 4 rings (SSSR count). The average molecular weight is 443 g/mol. The van der Waals surface area contributed by atoms with Crippen molar-refractivity contribution in [1.29, 1.82) is 0 Å². The number of H-pyrrole nitrogens is 1. The molecular formula is C21H23ClN6OS. The van der Waals surface area contributed by atoms with Gasteiger partial charge in [-0.15, -0.1) is 0 Å². The smallest absolute Gasteiger partial charge is 0.244 e. The number of hydrogen-bond acceptors (Lipinski definition) is 4. The maximum Gasteiger partial charge on any atom is 0.244 e. The van der Waals surface area contributed by atoms with Gasteiger partial charge in [0, 0.05) is 17.7 Å². The lowest BCUT2D eigenvalue weighted by molar-refractivity contribution is -0.116. The zero-order valence-corrected chi connectivity index (χ0v) is 18.4. The molecule has 0 saturated heterocycles. The number of amides is 1. The zero-order valence-electron chi connectivity index (χ0n) is 16.9. The first-order valence-corrected chi connectivity index (χ1v) is 10.6. The summed E-state index contributed by atoms with van der Waals surface area (Å²) in [7, 11) is 0. The highest BCUT2D eigenvalue weighted by atomic mass is 35.5. The van der Waals surface area contributed by atoms with E-state index in [1.54, 1.807) is 10.8 Å². The molecule has 1 fully saturated rings. The van der Waals surface area contributed by atoms with Crippen molar-refractivity contribution in [3.8, 4) is 0 Å². The van der Waals surface area contributed by atoms with Gasteiger partial charge in [0.05, 0.1) is 18.8 Å². The van der Waals surface area contributed by atoms with Gasteiger partial charge in [-0.05, 0) is 50.5 Å². The van der Waals surface area contributed by atoms with Crippen molar-refractivity contribution >= 4 is 35.8 Å². The Labute approximate surface area is 184 Å². The molecule has 2 heterocycles. The monoisotopic (exact) mass is 442 g/mol. The number of aryl methyl sites for hydroxylation is 2. The molecule has 0 aliphatic heterocycles. The van der Waals surface area contributed by atoms with Gasteiger partial charge in [0.2, 0.25) is 5.91 Å². The number of aromatic amines is 1. The molecule has 156 valence electrons. The van der Waals surface area contributed by atoms with Gasteiger partial charge in [-0.1, -0.05) is 41.4 Å². The minimum Gasteiger partial charge on any atom is -0.345 e. The average Bonchev–Trinajstić information content (AvgIpc) is 3.43. The second kappa shape index (κ2) is 8.57. The highest BCUT2D eigenvalue weighted by Gasteiger charge is 2.27. The van der Waals surface area contributed by atoms with Crippen LogP contribution in [0, 0.1) is 18.6 Å². The largest absolute Gasteiger partial charge is 0.345 e. The van der Waals surface area contributed by atoms with Crippen molar-refractivity contribution in [3.05, 3.63) is 68.5 Å². The first-order valence-electron chi connectivity index (χ1n) is 9.82. The number of rotatable bonds is 7. The van der Waals surface area contributed by atoms with E-state index >= 15 is 0 Å². The summed E-state index contributed by atoms with van der Waals surface area (Å²) in [4.78, 5) is 12.3. The SMILES string of the molecule is Cc1ccc(Cn2nc(C)c(/C=C/C(=O)NCc3n[nH]c(=S)n3C3CC3)c2Cl)cc1. The zero-order chi connectivity index (χ0) is 21.3. The van der Waals surface area contributed by atoms with Crippen LogP contribution in [0.1, 0.15) is 47.1 Å². The molecule has 0 radical (unpaired) electrons. The topological polar surface area (TPSA) is 80.5 Å². The van der Waals surface area contributed by atoms with Crippen LogP contribution in [-0.4, -0.2) is 30.5 Å². The van der Waals surface area contributed by atoms with Crippen molar-refractivity contribution in [2.75, 3.05) is 0 Å². The lowest BCUT2D eigenvalue weighted by atomic mass is 10.1. The van der Waals surface area contributed by atoms with Gasteiger partial charge in [0.1, 0.15) is 5.15 Å². The van der Waals surface area contributed by atoms with Gasteiger partial charge in [-0.2, -0.15) is 10.2 Å². The molecule has 0 unspecified atom stereocenters. The fraction of sp³-hybridized carbons (Fsp3) is 0.333. The summed E-state index contributed by atoms with van der Waals surface area (Å²) in [6, 6.07) is 8.64. The van der Waals surface area contributed by atoms with Crippen molar-refractivity contribution in [2.24, 2.45) is 0 Å². The van der Waals surface area contributed by atoms with Crippen molar-refractivity contribution < 1.29 is 4.79 Å². The molecule has 2 aromatic heterocycles. The Balaban J connectivity index is 1.41. The first-order chi connectivity index (χ1) is 14.4. The number of aromatic nitrogens is 5. The van der Waals surface area contributed by atoms with E-state index in [0.29, 0.717) is 29.1 Å². The number of carbonyl (C=O) groups excluding carboxylic acids is 1. The summed E-state index contributed by atoms with van der Waals surface area (Å²) in [6.45, 7) is 4.81. The molecule has 2 N–H and O–H groups in total. The van der Waals surface area contributed by atoms with Crippen LogP contribution in [0.15, 0.2) is 30.3 Å². The molecule has 0 atom stereocenters. The predicted molar refractivity (Wildman–Crippen MR) is 119 cm³/mol. The third kappa shape index (κ3) is 4.55. The maximum atomic E-state index is 12.3. The van der Waals surface area contributed by atoms with Crippen molar-refractivity contribution in [1.82, 2.24) is 29.9 Å². The lowest BCUT2D eigenvalue weighted by Crippen LogP contribution is -2.22. The fourth-order valence-corrected chi connectivity index (χ4v) is 3.88. The summed E-state index contributed by atoms with van der Waals surface area (Å²) in [6.07, 6.45) is 5.36. The molecule has 30 heavy (non-hydrogen) atoms. The number of nitrogens with one attached hydrogen (secondary N) is 2. The number of benzene rings is 1. The molecule has 1 aromatic carbocycles. The van der Waals surface area contributed by atoms with E-state index in [0.717, 1.165) is 35.5 Å². The third-order valence-corrected chi connectivity index (χ3v) is 5.76. The van der Waals surface area contributed by atoms with Crippen molar-refractivity contribution in [3.63, 3.8) is 0 Å². The Morgan fingerprint density at radius 3 is 2.77 bits per heavy atom. The normalized spacial score (nSPS) is 13.8. The Kier molecular flexibility index (Phi) is 5.87. The quantitative estimate of drug-likeness (QED) is 0.426. The summed E-state index contributed by atoms with van der Waals surface area (Å²) >= 11 is 11.8. The van der Waals surface area contributed by atoms with E-state index in [-0.39, 0.29) is 5.91 Å². The number of hydrogen-bond donors (Lipinski definition) is 2. The van der Waals surface area contributed by atoms with E-state index in [9.17, 15) is 4.79 Å². The molecule has 3 aromatic rings. The van der Waals surface area contributed by atoms with Crippen LogP contribution in [0.5, 0.6) is 0 Å². The van der Waals surface area contributed by atoms with Gasteiger partial charge in [0.15, 0.2) is 10.6 Å². The lowest BCUT2D eigenvalue weighted by Gasteiger charge is -2.05. The van der Waals surface area contributed by atoms with E-state index in [1.165, 1.54) is 11.6 Å². The highest BCUT2D eigenvalue weighted by Crippen LogP contribution is 2.35. The van der Waals surface area contributed by atoms with Gasteiger partial charge < -0.3 is 5.32 Å². The highest BCUT2D eigenvalue weighted by molar-refractivity contribution is 7.71. The number of carbonyl (C=O) groups is 1. The van der Waals surface area contributed by atoms with E-state index < -0.39 is 0 Å². The Hall–Kier alpha value is -2.71. The molecule has 1 aliphatic rings. The Morgan fingerprint density at radius 1 is 1.33 bits per heavy atom. The third-order valence-electron chi connectivity index (χ3n) is 5.07. The van der Waals surface area contributed by atoms with Crippen LogP contribution in [0.2, 0.25) is 5.15 Å². The van der Waals surface area contributed by atoms with E-state index in [4.69, 9.17) is 23.8 Å². The first kappa shape index (κ1) is 20.6. The van der Waals surface area contributed by atoms with Crippen LogP contribution in [0.3, 0.4) is 0 Å². The fourth-order valence-electron chi connectivity index (χ4n) is 3.28. The summed E-state index contributed by atoms with van der Waals surface area (Å²) in [5.74, 6) is 0.511. The van der Waals surface area contributed by atoms with E-state index in [2.05, 4.69) is 51.8 Å². The molecule has 7 nitrogen and oxygen atoms in total. The second-order valence-electron chi connectivity index (χ2n) is 7.53. The molecular weight excluding hydrogens is 420 g/mol. The van der Waals surface area contributed by atoms with Crippen LogP contribution in [0.25, 0.3) is 6.08 Å². The maximum absolute atomic E-state index is 12.3. The summed E-state index contributed by atoms with van der Waals surface area (Å²) in [5.41, 5.74) is 3.82. The van der Waals surface area contributed by atoms with Crippen LogP contribution in [-0.2, 0) is 17.9 Å². The minimum absolute atomic E-state index is 0.229. The van der Waals surface area contributed by atoms with Crippen LogP contribution in [0.4, 0.5) is 0 Å². The molecule has 1 amide bonds. The van der Waals surface area contributed by atoms with Gasteiger partial charge in [0.25, 0.3) is 0 Å². The van der Waals surface area contributed by atoms with Crippen LogP contribution < -0.4 is 5.32 Å². The summed E-state index contributed by atoms with van der Waals surface area (Å²) in [5, 5.41) is 14.9. The minimum atomic E-state index is -0.229. The Morgan fingerprint density at radius 2 is 2.07 bits per heavy atom. The van der Waals surface area contributed by atoms with Gasteiger partial charge in [-0.25, -0.2) is 4.68 Å². The van der Waals surface area contributed by atoms with Crippen molar-refractivity contribution in [2.45, 2.75) is 45.8 Å². The number of halogens is 1. The molecule has 1 aliphatic carbocycles. The predicted octanol–water partition coefficient (Wildman–Crippen LogP) is 4.12. The molecule has 0 spiro atoms. The Bertz CT molecular complexity index is 1150. The standard InChI is InChI=1S/C21H23ClN6OS/c1-13-3-5-15(6-4-13)12-27-20(22)17(14(2)26-27)9-10-19(29)23-11-18-24-25-21(30)28(18)16-7-8-16/h3-6,9-10,16H,7-8,11-12H2,1-2H3,(H,23,29)(H,25,30)/b10-9+. The van der Waals surface area contributed by atoms with Gasteiger partial charge in [-0.3, -0.25) is 14.5 Å². The number of nitrogens with zero attached hydrogens (tertiary/aromatic N) is 4. The second-order valence-corrected chi connectivity index (χ2v) is 8.28. The molecule has 9 heteroatoms.